The number of ether oxygens (including phenoxy) is 1. The Labute approximate surface area is 280 Å². The van der Waals surface area contributed by atoms with Crippen LogP contribution in [0.15, 0.2) is 34.9 Å². The molecule has 0 unspecified atom stereocenters. The Morgan fingerprint density at radius 3 is 1.98 bits per heavy atom. The molecule has 0 aliphatic heterocycles. The van der Waals surface area contributed by atoms with Crippen molar-refractivity contribution in [2.24, 2.45) is 22.7 Å². The molecule has 0 aromatic carbocycles. The highest BCUT2D eigenvalue weighted by Gasteiger charge is 2.60. The first-order valence-electron chi connectivity index (χ1n) is 18.0. The molecule has 0 aromatic heterocycles. The van der Waals surface area contributed by atoms with Crippen molar-refractivity contribution in [3.05, 3.63) is 34.9 Å². The second kappa shape index (κ2) is 11.8. The lowest BCUT2D eigenvalue weighted by molar-refractivity contribution is -0.0509. The smallest absolute Gasteiger partial charge is 0.192 e. The molecule has 1 N–H and O–H groups in total. The maximum absolute atomic E-state index is 10.3. The molecule has 6 atom stereocenters. The predicted molar refractivity (Wildman–Crippen MR) is 196 cm³/mol. The Hall–Kier alpha value is -0.506. The van der Waals surface area contributed by atoms with E-state index in [0.717, 1.165) is 19.3 Å². The molecule has 258 valence electrons. The Morgan fingerprint density at radius 1 is 0.844 bits per heavy atom. The second-order valence-electron chi connectivity index (χ2n) is 19.8. The van der Waals surface area contributed by atoms with Crippen molar-refractivity contribution in [2.45, 2.75) is 181 Å². The van der Waals surface area contributed by atoms with E-state index in [-0.39, 0.29) is 38.7 Å². The van der Waals surface area contributed by atoms with Gasteiger partial charge in [-0.1, -0.05) is 84.8 Å². The number of hydrogen-bond donors (Lipinski definition) is 1. The van der Waals surface area contributed by atoms with Gasteiger partial charge >= 0.3 is 0 Å². The van der Waals surface area contributed by atoms with Gasteiger partial charge in [0.15, 0.2) is 16.6 Å². The lowest BCUT2D eigenvalue weighted by Crippen LogP contribution is -2.58. The summed E-state index contributed by atoms with van der Waals surface area (Å²) in [5.74, 6) is 0.985. The molecular weight excluding hydrogens is 589 g/mol. The molecule has 45 heavy (non-hydrogen) atoms. The Balaban J connectivity index is 1.68. The molecule has 4 rings (SSSR count). The van der Waals surface area contributed by atoms with E-state index in [0.29, 0.717) is 24.9 Å². The van der Waals surface area contributed by atoms with Crippen molar-refractivity contribution in [3.63, 3.8) is 0 Å². The summed E-state index contributed by atoms with van der Waals surface area (Å²) in [5.41, 5.74) is 3.65. The molecule has 6 heteroatoms. The van der Waals surface area contributed by atoms with Crippen molar-refractivity contribution in [2.75, 3.05) is 6.61 Å². The first-order chi connectivity index (χ1) is 20.2. The van der Waals surface area contributed by atoms with Crippen LogP contribution in [0.3, 0.4) is 0 Å². The van der Waals surface area contributed by atoms with E-state index in [1.54, 1.807) is 11.1 Å². The molecule has 2 saturated carbocycles. The highest BCUT2D eigenvalue weighted by Crippen LogP contribution is 2.66. The zero-order chi connectivity index (χ0) is 34.2. The largest absolute Gasteiger partial charge is 0.414 e. The molecular formula is C39H70O4Si2. The summed E-state index contributed by atoms with van der Waals surface area (Å²) in [6.07, 6.45) is 14.0. The van der Waals surface area contributed by atoms with Crippen LogP contribution in [0.2, 0.25) is 36.3 Å². The van der Waals surface area contributed by atoms with Crippen LogP contribution in [-0.4, -0.2) is 51.8 Å². The van der Waals surface area contributed by atoms with Gasteiger partial charge in [-0.3, -0.25) is 0 Å². The summed E-state index contributed by atoms with van der Waals surface area (Å²) in [5, 5.41) is 10.6. The fourth-order valence-electron chi connectivity index (χ4n) is 8.55. The van der Waals surface area contributed by atoms with Crippen LogP contribution in [0, 0.1) is 22.7 Å². The second-order valence-corrected chi connectivity index (χ2v) is 29.3. The van der Waals surface area contributed by atoms with E-state index < -0.39 is 22.2 Å². The molecule has 0 spiro atoms. The van der Waals surface area contributed by atoms with Crippen LogP contribution < -0.4 is 0 Å². The number of hydrogen-bond acceptors (Lipinski definition) is 4. The third-order valence-corrected chi connectivity index (χ3v) is 22.5. The molecule has 4 nitrogen and oxygen atoms in total. The standard InChI is InChI=1S/C39H70O4Si2/c1-34(2,3)44(13,14)42-28-25-27-17-18-29-30-19-20-32(37(9,10)41-24-23-36(7,8)40)38(30,11)22-21-31(29)39(27,12)33(26-28)43-45(15,16)35(4,5)6/h17-18,20,28,30-31,33,40H,19,21-26H2,1-16H3/t28-,30+,31+,33+,38+,39+/m1/s1. The molecule has 0 radical (unpaired) electrons. The van der Waals surface area contributed by atoms with Crippen molar-refractivity contribution in [1.29, 1.82) is 0 Å². The maximum Gasteiger partial charge on any atom is 0.192 e. The van der Waals surface area contributed by atoms with Gasteiger partial charge < -0.3 is 18.7 Å². The molecule has 2 fully saturated rings. The predicted octanol–water partition coefficient (Wildman–Crippen LogP) is 10.8. The number of rotatable bonds is 9. The summed E-state index contributed by atoms with van der Waals surface area (Å²) in [7, 11) is -3.96. The fourth-order valence-corrected chi connectivity index (χ4v) is 11.3. The quantitative estimate of drug-likeness (QED) is 0.198. The van der Waals surface area contributed by atoms with Crippen LogP contribution >= 0.6 is 0 Å². The average Bonchev–Trinajstić information content (AvgIpc) is 3.20. The SMILES string of the molecule is CC(C)(O)CCOC(C)(C)C1=CC[C@H]2C3=CC=C4C[C@@H](O[Si](C)(C)C(C)(C)C)C[C@H](O[Si](C)(C)C(C)(C)C)[C@]4(C)[C@H]3CC[C@]12C. The minimum atomic E-state index is -2.04. The first kappa shape index (κ1) is 37.3. The van der Waals surface area contributed by atoms with E-state index in [1.165, 1.54) is 18.4 Å². The van der Waals surface area contributed by atoms with Gasteiger partial charge in [0.1, 0.15) is 0 Å². The minimum Gasteiger partial charge on any atom is -0.414 e. The number of aliphatic hydroxyl groups is 1. The van der Waals surface area contributed by atoms with Crippen LogP contribution in [0.25, 0.3) is 0 Å². The highest BCUT2D eigenvalue weighted by molar-refractivity contribution is 6.74. The molecule has 0 saturated heterocycles. The van der Waals surface area contributed by atoms with Crippen LogP contribution in [0.1, 0.15) is 122 Å². The van der Waals surface area contributed by atoms with Crippen LogP contribution in [0.4, 0.5) is 0 Å². The zero-order valence-electron chi connectivity index (χ0n) is 32.2. The fraction of sp³-hybridized carbons (Fsp3) is 0.846. The van der Waals surface area contributed by atoms with Gasteiger partial charge in [0, 0.05) is 5.41 Å². The zero-order valence-corrected chi connectivity index (χ0v) is 34.2. The lowest BCUT2D eigenvalue weighted by atomic mass is 9.49. The maximum atomic E-state index is 10.3. The number of fused-ring (bicyclic) bond motifs is 5. The topological polar surface area (TPSA) is 47.9 Å². The summed E-state index contributed by atoms with van der Waals surface area (Å²) < 4.78 is 21.2. The van der Waals surface area contributed by atoms with Gasteiger partial charge in [0.2, 0.25) is 0 Å². The van der Waals surface area contributed by atoms with Crippen molar-refractivity contribution >= 4 is 16.6 Å². The third kappa shape index (κ3) is 6.99. The van der Waals surface area contributed by atoms with Gasteiger partial charge in [-0.05, 0) is 125 Å². The normalized spacial score (nSPS) is 33.1. The molecule has 0 heterocycles. The molecule has 4 aliphatic carbocycles. The monoisotopic (exact) mass is 658 g/mol. The lowest BCUT2D eigenvalue weighted by Gasteiger charge is -2.59. The summed E-state index contributed by atoms with van der Waals surface area (Å²) >= 11 is 0. The third-order valence-electron chi connectivity index (χ3n) is 13.5. The van der Waals surface area contributed by atoms with Gasteiger partial charge in [0.25, 0.3) is 0 Å². The summed E-state index contributed by atoms with van der Waals surface area (Å²) in [6, 6.07) is 0. The Morgan fingerprint density at radius 2 is 1.42 bits per heavy atom. The summed E-state index contributed by atoms with van der Waals surface area (Å²) in [6.45, 7) is 37.7. The van der Waals surface area contributed by atoms with Crippen molar-refractivity contribution in [3.8, 4) is 0 Å². The Kier molecular flexibility index (Phi) is 9.81. The molecule has 4 aliphatic rings. The Bertz CT molecular complexity index is 1200. The van der Waals surface area contributed by atoms with Crippen LogP contribution in [0.5, 0.6) is 0 Å². The molecule has 0 aromatic rings. The molecule has 0 bridgehead atoms. The minimum absolute atomic E-state index is 0.0182. The summed E-state index contributed by atoms with van der Waals surface area (Å²) in [4.78, 5) is 0. The van der Waals surface area contributed by atoms with Crippen molar-refractivity contribution < 1.29 is 18.7 Å². The van der Waals surface area contributed by atoms with Crippen molar-refractivity contribution in [1.82, 2.24) is 0 Å². The van der Waals surface area contributed by atoms with E-state index in [1.807, 2.05) is 13.8 Å². The van der Waals surface area contributed by atoms with Gasteiger partial charge in [-0.25, -0.2) is 0 Å². The van der Waals surface area contributed by atoms with E-state index in [2.05, 4.69) is 114 Å². The van der Waals surface area contributed by atoms with E-state index >= 15 is 0 Å². The highest BCUT2D eigenvalue weighted by atomic mass is 28.4. The van der Waals surface area contributed by atoms with E-state index in [4.69, 9.17) is 13.6 Å². The van der Waals surface area contributed by atoms with Gasteiger partial charge in [0.05, 0.1) is 30.0 Å². The molecule has 0 amide bonds. The van der Waals surface area contributed by atoms with Crippen LogP contribution in [-0.2, 0) is 13.6 Å². The van der Waals surface area contributed by atoms with Gasteiger partial charge in [-0.15, -0.1) is 0 Å². The number of allylic oxidation sites excluding steroid dienone is 4. The first-order valence-corrected chi connectivity index (χ1v) is 23.8. The van der Waals surface area contributed by atoms with E-state index in [9.17, 15) is 5.11 Å². The average molecular weight is 659 g/mol. The van der Waals surface area contributed by atoms with Gasteiger partial charge in [-0.2, -0.15) is 0 Å².